The van der Waals surface area contributed by atoms with Crippen LogP contribution in [0.5, 0.6) is 0 Å². The number of likely N-dealkylation sites (tertiary alicyclic amines) is 1. The number of benzene rings is 1. The Hall–Kier alpha value is -2.86. The number of hydrogen-bond donors (Lipinski definition) is 4. The van der Waals surface area contributed by atoms with Crippen LogP contribution in [0, 0.1) is 12.3 Å². The van der Waals surface area contributed by atoms with Crippen molar-refractivity contribution in [3.63, 3.8) is 0 Å². The first-order valence-electron chi connectivity index (χ1n) is 13.3. The zero-order chi connectivity index (χ0) is 28.6. The smallest absolute Gasteiger partial charge is 0.246 e. The summed E-state index contributed by atoms with van der Waals surface area (Å²) in [6, 6.07) is 6.21. The van der Waals surface area contributed by atoms with Gasteiger partial charge in [-0.2, -0.15) is 0 Å². The van der Waals surface area contributed by atoms with E-state index in [-0.39, 0.29) is 43.7 Å². The van der Waals surface area contributed by atoms with Crippen LogP contribution in [0.4, 0.5) is 0 Å². The zero-order valence-electron chi connectivity index (χ0n) is 23.2. The Kier molecular flexibility index (Phi) is 11.0. The molecule has 11 heteroatoms. The lowest BCUT2D eigenvalue weighted by molar-refractivity contribution is -0.144. The van der Waals surface area contributed by atoms with E-state index in [9.17, 15) is 19.5 Å². The second-order valence-electron chi connectivity index (χ2n) is 10.9. The van der Waals surface area contributed by atoms with E-state index >= 15 is 0 Å². The number of aryl methyl sites for hydroxylation is 1. The van der Waals surface area contributed by atoms with Crippen LogP contribution in [0.25, 0.3) is 10.4 Å². The second-order valence-corrected chi connectivity index (χ2v) is 11.8. The number of thiazole rings is 1. The van der Waals surface area contributed by atoms with Crippen molar-refractivity contribution in [1.82, 2.24) is 20.5 Å². The van der Waals surface area contributed by atoms with E-state index in [1.165, 1.54) is 4.90 Å². The third-order valence-electron chi connectivity index (χ3n) is 6.68. The maximum Gasteiger partial charge on any atom is 0.246 e. The minimum absolute atomic E-state index is 0.0322. The standard InChI is InChI=1S/C28H41N5O5S/c1-18-24(39-17-31-18)20-8-6-19(7-9-20)15-30-26(36)22-14-21(34)16-33(22)27(37)25(28(2,3)4)32-23(35)10-13-38-12-5-11-29/h6-9,17,21-22,25,34H,5,10-16,29H2,1-4H3,(H,30,36)(H,32,35)/t21-,22+,25+/m1/s1. The fourth-order valence-electron chi connectivity index (χ4n) is 4.47. The Balaban J connectivity index is 1.61. The Morgan fingerprint density at radius 1 is 1.23 bits per heavy atom. The number of nitrogens with one attached hydrogen (secondary N) is 2. The highest BCUT2D eigenvalue weighted by Crippen LogP contribution is 2.28. The number of aliphatic hydroxyl groups excluding tert-OH is 1. The molecule has 0 bridgehead atoms. The highest BCUT2D eigenvalue weighted by Gasteiger charge is 2.44. The number of nitrogens with zero attached hydrogens (tertiary/aromatic N) is 2. The van der Waals surface area contributed by atoms with Gasteiger partial charge >= 0.3 is 0 Å². The molecule has 2 heterocycles. The van der Waals surface area contributed by atoms with Crippen LogP contribution < -0.4 is 16.4 Å². The summed E-state index contributed by atoms with van der Waals surface area (Å²) in [7, 11) is 0. The van der Waals surface area contributed by atoms with Crippen LogP contribution in [0.2, 0.25) is 0 Å². The minimum Gasteiger partial charge on any atom is -0.391 e. The van der Waals surface area contributed by atoms with Gasteiger partial charge in [0.2, 0.25) is 17.7 Å². The fraction of sp³-hybridized carbons (Fsp3) is 0.571. The average molecular weight is 560 g/mol. The molecule has 1 aliphatic heterocycles. The molecule has 0 unspecified atom stereocenters. The van der Waals surface area contributed by atoms with Gasteiger partial charge in [0, 0.05) is 32.5 Å². The molecular weight excluding hydrogens is 518 g/mol. The predicted molar refractivity (Wildman–Crippen MR) is 151 cm³/mol. The van der Waals surface area contributed by atoms with Crippen molar-refractivity contribution in [2.75, 3.05) is 26.3 Å². The molecule has 3 rings (SSSR count). The zero-order valence-corrected chi connectivity index (χ0v) is 24.1. The van der Waals surface area contributed by atoms with E-state index in [0.29, 0.717) is 26.1 Å². The van der Waals surface area contributed by atoms with Crippen molar-refractivity contribution in [3.05, 3.63) is 41.0 Å². The molecule has 39 heavy (non-hydrogen) atoms. The number of aromatic nitrogens is 1. The van der Waals surface area contributed by atoms with Crippen LogP contribution in [0.15, 0.2) is 29.8 Å². The Bertz CT molecular complexity index is 1110. The summed E-state index contributed by atoms with van der Waals surface area (Å²) >= 11 is 1.58. The van der Waals surface area contributed by atoms with Crippen molar-refractivity contribution in [2.24, 2.45) is 11.1 Å². The molecular formula is C28H41N5O5S. The number of rotatable bonds is 12. The van der Waals surface area contributed by atoms with Crippen molar-refractivity contribution in [2.45, 2.75) is 71.7 Å². The Labute approximate surface area is 234 Å². The summed E-state index contributed by atoms with van der Waals surface area (Å²) in [5.74, 6) is -1.04. The maximum absolute atomic E-state index is 13.6. The summed E-state index contributed by atoms with van der Waals surface area (Å²) in [4.78, 5) is 46.2. The molecule has 10 nitrogen and oxygen atoms in total. The van der Waals surface area contributed by atoms with E-state index in [0.717, 1.165) is 21.7 Å². The van der Waals surface area contributed by atoms with Gasteiger partial charge in [-0.1, -0.05) is 45.0 Å². The molecule has 3 atom stereocenters. The largest absolute Gasteiger partial charge is 0.391 e. The average Bonchev–Trinajstić information content (AvgIpc) is 3.50. The number of carbonyl (C=O) groups excluding carboxylic acids is 3. The Morgan fingerprint density at radius 2 is 1.95 bits per heavy atom. The number of ether oxygens (including phenoxy) is 1. The number of hydrogen-bond acceptors (Lipinski definition) is 8. The molecule has 1 saturated heterocycles. The van der Waals surface area contributed by atoms with Gasteiger partial charge in [0.1, 0.15) is 12.1 Å². The number of aliphatic hydroxyl groups is 1. The summed E-state index contributed by atoms with van der Waals surface area (Å²) in [6.45, 7) is 9.08. The molecule has 0 radical (unpaired) electrons. The lowest BCUT2D eigenvalue weighted by Crippen LogP contribution is -2.57. The molecule has 2 aromatic rings. The van der Waals surface area contributed by atoms with Crippen molar-refractivity contribution >= 4 is 29.1 Å². The van der Waals surface area contributed by atoms with Crippen LogP contribution in [-0.2, 0) is 25.7 Å². The van der Waals surface area contributed by atoms with E-state index in [2.05, 4.69) is 15.6 Å². The van der Waals surface area contributed by atoms with Gasteiger partial charge < -0.3 is 31.1 Å². The van der Waals surface area contributed by atoms with Crippen LogP contribution in [0.1, 0.15) is 51.3 Å². The molecule has 1 fully saturated rings. The van der Waals surface area contributed by atoms with Crippen LogP contribution >= 0.6 is 11.3 Å². The van der Waals surface area contributed by atoms with Crippen molar-refractivity contribution in [1.29, 1.82) is 0 Å². The third kappa shape index (κ3) is 8.56. The molecule has 1 aromatic heterocycles. The first-order chi connectivity index (χ1) is 18.5. The quantitative estimate of drug-likeness (QED) is 0.291. The van der Waals surface area contributed by atoms with Gasteiger partial charge in [-0.05, 0) is 36.4 Å². The highest BCUT2D eigenvalue weighted by atomic mass is 32.1. The third-order valence-corrected chi connectivity index (χ3v) is 7.66. The van der Waals surface area contributed by atoms with Gasteiger partial charge in [-0.25, -0.2) is 4.98 Å². The fourth-order valence-corrected chi connectivity index (χ4v) is 5.28. The normalized spacial score (nSPS) is 18.2. The van der Waals surface area contributed by atoms with Gasteiger partial charge in [0.05, 0.1) is 28.8 Å². The van der Waals surface area contributed by atoms with Crippen LogP contribution in [0.3, 0.4) is 0 Å². The summed E-state index contributed by atoms with van der Waals surface area (Å²) in [6.07, 6.45) is 0.140. The monoisotopic (exact) mass is 559 g/mol. The predicted octanol–water partition coefficient (Wildman–Crippen LogP) is 1.98. The van der Waals surface area contributed by atoms with Gasteiger partial charge in [0.15, 0.2) is 0 Å². The number of carbonyl (C=O) groups is 3. The summed E-state index contributed by atoms with van der Waals surface area (Å²) in [5, 5.41) is 16.1. The molecule has 0 spiro atoms. The molecule has 1 aromatic carbocycles. The lowest BCUT2D eigenvalue weighted by Gasteiger charge is -2.35. The van der Waals surface area contributed by atoms with E-state index in [1.54, 1.807) is 11.3 Å². The molecule has 0 aliphatic carbocycles. The summed E-state index contributed by atoms with van der Waals surface area (Å²) < 4.78 is 5.40. The highest BCUT2D eigenvalue weighted by molar-refractivity contribution is 7.13. The number of amides is 3. The topological polar surface area (TPSA) is 147 Å². The molecule has 5 N–H and O–H groups in total. The Morgan fingerprint density at radius 3 is 2.56 bits per heavy atom. The van der Waals surface area contributed by atoms with E-state index in [4.69, 9.17) is 10.5 Å². The molecule has 3 amide bonds. The minimum atomic E-state index is -0.864. The summed E-state index contributed by atoms with van der Waals surface area (Å²) in [5.41, 5.74) is 9.61. The van der Waals surface area contributed by atoms with Gasteiger partial charge in [-0.3, -0.25) is 14.4 Å². The molecule has 0 saturated carbocycles. The first kappa shape index (κ1) is 30.7. The SMILES string of the molecule is Cc1ncsc1-c1ccc(CNC(=O)[C@@H]2C[C@@H](O)CN2C(=O)[C@H](NC(=O)CCOCCCN)C(C)(C)C)cc1. The van der Waals surface area contributed by atoms with Crippen molar-refractivity contribution < 1.29 is 24.2 Å². The number of β-amino-alcohol motifs (C(OH)–C–C–N with tert-alkyl or cyclic N) is 1. The van der Waals surface area contributed by atoms with Crippen molar-refractivity contribution in [3.8, 4) is 10.4 Å². The second kappa shape index (κ2) is 14.0. The molecule has 1 aliphatic rings. The maximum atomic E-state index is 13.6. The van der Waals surface area contributed by atoms with Gasteiger partial charge in [-0.15, -0.1) is 11.3 Å². The van der Waals surface area contributed by atoms with Crippen LogP contribution in [-0.4, -0.2) is 77.2 Å². The van der Waals surface area contributed by atoms with E-state index < -0.39 is 23.6 Å². The lowest BCUT2D eigenvalue weighted by atomic mass is 9.85. The van der Waals surface area contributed by atoms with Gasteiger partial charge in [0.25, 0.3) is 0 Å². The first-order valence-corrected chi connectivity index (χ1v) is 14.2. The van der Waals surface area contributed by atoms with E-state index in [1.807, 2.05) is 57.5 Å². The molecule has 214 valence electrons. The number of nitrogens with two attached hydrogens (primary N) is 1.